The summed E-state index contributed by atoms with van der Waals surface area (Å²) in [7, 11) is 0. The summed E-state index contributed by atoms with van der Waals surface area (Å²) >= 11 is 5.73. The van der Waals surface area contributed by atoms with Crippen LogP contribution in [0.1, 0.15) is 5.56 Å². The Morgan fingerprint density at radius 3 is 2.76 bits per heavy atom. The van der Waals surface area contributed by atoms with Gasteiger partial charge in [0.1, 0.15) is 5.75 Å². The Hall–Kier alpha value is -2.19. The Morgan fingerprint density at radius 1 is 1.47 bits per heavy atom. The van der Waals surface area contributed by atoms with Gasteiger partial charge in [-0.3, -0.25) is 4.79 Å². The van der Waals surface area contributed by atoms with Gasteiger partial charge in [0, 0.05) is 17.0 Å². The molecule has 0 unspecified atom stereocenters. The third kappa shape index (κ3) is 4.45. The predicted molar refractivity (Wildman–Crippen MR) is 60.7 cm³/mol. The van der Waals surface area contributed by atoms with Crippen molar-refractivity contribution in [1.82, 2.24) is 0 Å². The number of nitrogens with two attached hydrogens (primary N) is 1. The first-order valence-electron chi connectivity index (χ1n) is 4.44. The summed E-state index contributed by atoms with van der Waals surface area (Å²) in [5, 5.41) is 8.86. The largest absolute Gasteiger partial charge is 0.481 e. The van der Waals surface area contributed by atoms with E-state index >= 15 is 0 Å². The van der Waals surface area contributed by atoms with Crippen molar-refractivity contribution < 1.29 is 19.4 Å². The number of hydrogen-bond donors (Lipinski definition) is 2. The van der Waals surface area contributed by atoms with Crippen LogP contribution < -0.4 is 10.5 Å². The molecular weight excluding hydrogens is 246 g/mol. The molecule has 1 aromatic carbocycles. The summed E-state index contributed by atoms with van der Waals surface area (Å²) in [6, 6.07) is 4.46. The van der Waals surface area contributed by atoms with Crippen molar-refractivity contribution in [2.75, 3.05) is 6.61 Å². The highest BCUT2D eigenvalue weighted by molar-refractivity contribution is 6.30. The lowest BCUT2D eigenvalue weighted by molar-refractivity contribution is -0.139. The maximum atomic E-state index is 10.5. The summed E-state index contributed by atoms with van der Waals surface area (Å²) in [5.74, 6) is 2.86. The SMILES string of the molecule is NC(=O)C#Cc1ccc(Cl)cc1OCC(=O)O. The number of aliphatic carboxylic acids is 1. The number of hydrogen-bond acceptors (Lipinski definition) is 3. The first-order chi connectivity index (χ1) is 7.99. The maximum absolute atomic E-state index is 10.5. The topological polar surface area (TPSA) is 89.6 Å². The second kappa shape index (κ2) is 5.77. The molecule has 17 heavy (non-hydrogen) atoms. The zero-order valence-electron chi connectivity index (χ0n) is 8.57. The standard InChI is InChI=1S/C11H8ClNO4/c12-8-3-1-7(2-4-10(13)14)9(5-8)17-6-11(15)16/h1,3,5H,6H2,(H2,13,14)(H,15,16). The van der Waals surface area contributed by atoms with Crippen molar-refractivity contribution in [3.8, 4) is 17.6 Å². The van der Waals surface area contributed by atoms with Crippen LogP contribution in [0.15, 0.2) is 18.2 Å². The van der Waals surface area contributed by atoms with Crippen LogP contribution >= 0.6 is 11.6 Å². The van der Waals surface area contributed by atoms with Crippen molar-refractivity contribution >= 4 is 23.5 Å². The van der Waals surface area contributed by atoms with Gasteiger partial charge in [0.05, 0.1) is 5.56 Å². The molecule has 0 radical (unpaired) electrons. The zero-order chi connectivity index (χ0) is 12.8. The number of carboxylic acids is 1. The lowest BCUT2D eigenvalue weighted by atomic mass is 10.2. The molecule has 5 nitrogen and oxygen atoms in total. The first kappa shape index (κ1) is 12.9. The summed E-state index contributed by atoms with van der Waals surface area (Å²) in [5.41, 5.74) is 5.21. The molecule has 0 spiro atoms. The highest BCUT2D eigenvalue weighted by atomic mass is 35.5. The molecule has 1 amide bonds. The van der Waals surface area contributed by atoms with Crippen LogP contribution in [-0.4, -0.2) is 23.6 Å². The Kier molecular flexibility index (Phi) is 4.37. The maximum Gasteiger partial charge on any atom is 0.341 e. The van der Waals surface area contributed by atoms with Crippen molar-refractivity contribution in [3.63, 3.8) is 0 Å². The second-order valence-electron chi connectivity index (χ2n) is 2.94. The fraction of sp³-hybridized carbons (Fsp3) is 0.0909. The minimum absolute atomic E-state index is 0.189. The highest BCUT2D eigenvalue weighted by Crippen LogP contribution is 2.22. The van der Waals surface area contributed by atoms with Crippen LogP contribution in [0.5, 0.6) is 5.75 Å². The van der Waals surface area contributed by atoms with Gasteiger partial charge >= 0.3 is 5.97 Å². The van der Waals surface area contributed by atoms with Gasteiger partial charge in [-0.1, -0.05) is 17.5 Å². The van der Waals surface area contributed by atoms with E-state index in [-0.39, 0.29) is 5.75 Å². The second-order valence-corrected chi connectivity index (χ2v) is 3.37. The molecule has 0 saturated heterocycles. The molecular formula is C11H8ClNO4. The lowest BCUT2D eigenvalue weighted by Crippen LogP contribution is -2.10. The van der Waals surface area contributed by atoms with Gasteiger partial charge in [-0.15, -0.1) is 0 Å². The number of rotatable bonds is 3. The van der Waals surface area contributed by atoms with Crippen LogP contribution in [0.4, 0.5) is 0 Å². The molecule has 0 saturated carbocycles. The Labute approximate surface area is 102 Å². The summed E-state index contributed by atoms with van der Waals surface area (Å²) in [6.07, 6.45) is 0. The molecule has 0 bridgehead atoms. The van der Waals surface area contributed by atoms with E-state index in [1.54, 1.807) is 6.07 Å². The molecule has 88 valence electrons. The van der Waals surface area contributed by atoms with Crippen molar-refractivity contribution in [1.29, 1.82) is 0 Å². The number of benzene rings is 1. The van der Waals surface area contributed by atoms with Gasteiger partial charge in [0.25, 0.3) is 5.91 Å². The number of ether oxygens (including phenoxy) is 1. The monoisotopic (exact) mass is 253 g/mol. The molecule has 0 aliphatic rings. The fourth-order valence-electron chi connectivity index (χ4n) is 0.987. The van der Waals surface area contributed by atoms with Crippen molar-refractivity contribution in [3.05, 3.63) is 28.8 Å². The molecule has 1 rings (SSSR count). The van der Waals surface area contributed by atoms with Crippen LogP contribution in [0.25, 0.3) is 0 Å². The molecule has 0 aromatic heterocycles. The Morgan fingerprint density at radius 2 is 2.18 bits per heavy atom. The average molecular weight is 254 g/mol. The number of halogens is 1. The van der Waals surface area contributed by atoms with E-state index in [4.69, 9.17) is 27.2 Å². The number of carbonyl (C=O) groups is 2. The van der Waals surface area contributed by atoms with Gasteiger partial charge in [0.15, 0.2) is 6.61 Å². The van der Waals surface area contributed by atoms with E-state index in [9.17, 15) is 9.59 Å². The third-order valence-corrected chi connectivity index (χ3v) is 1.85. The lowest BCUT2D eigenvalue weighted by Gasteiger charge is -2.05. The quantitative estimate of drug-likeness (QED) is 0.774. The van der Waals surface area contributed by atoms with E-state index < -0.39 is 18.5 Å². The molecule has 0 aliphatic heterocycles. The normalized spacial score (nSPS) is 9.00. The summed E-state index contributed by atoms with van der Waals surface area (Å²) in [6.45, 7) is -0.522. The molecule has 3 N–H and O–H groups in total. The van der Waals surface area contributed by atoms with Gasteiger partial charge in [-0.2, -0.15) is 0 Å². The minimum atomic E-state index is -1.13. The summed E-state index contributed by atoms with van der Waals surface area (Å²) < 4.78 is 4.97. The summed E-state index contributed by atoms with van der Waals surface area (Å²) in [4.78, 5) is 20.9. The number of amides is 1. The fourth-order valence-corrected chi connectivity index (χ4v) is 1.15. The van der Waals surface area contributed by atoms with E-state index in [2.05, 4.69) is 11.8 Å². The van der Waals surface area contributed by atoms with Crippen molar-refractivity contribution in [2.24, 2.45) is 5.73 Å². The minimum Gasteiger partial charge on any atom is -0.481 e. The Bertz CT molecular complexity index is 516. The number of primary amides is 1. The molecule has 0 heterocycles. The van der Waals surface area contributed by atoms with Crippen LogP contribution in [-0.2, 0) is 9.59 Å². The molecule has 6 heteroatoms. The van der Waals surface area contributed by atoms with Gasteiger partial charge in [0.2, 0.25) is 0 Å². The highest BCUT2D eigenvalue weighted by Gasteiger charge is 2.05. The van der Waals surface area contributed by atoms with E-state index in [0.717, 1.165) is 0 Å². The van der Waals surface area contributed by atoms with E-state index in [1.807, 2.05) is 0 Å². The molecule has 1 aromatic rings. The van der Waals surface area contributed by atoms with Crippen molar-refractivity contribution in [2.45, 2.75) is 0 Å². The van der Waals surface area contributed by atoms with E-state index in [1.165, 1.54) is 12.1 Å². The molecule has 0 fully saturated rings. The molecule has 0 atom stereocenters. The van der Waals surface area contributed by atoms with Crippen LogP contribution in [0.2, 0.25) is 5.02 Å². The Balaban J connectivity index is 3.00. The smallest absolute Gasteiger partial charge is 0.341 e. The number of carboxylic acid groups (broad SMARTS) is 1. The average Bonchev–Trinajstić information content (AvgIpc) is 2.24. The van der Waals surface area contributed by atoms with Crippen LogP contribution in [0.3, 0.4) is 0 Å². The zero-order valence-corrected chi connectivity index (χ0v) is 9.32. The van der Waals surface area contributed by atoms with Gasteiger partial charge in [-0.05, 0) is 12.1 Å². The van der Waals surface area contributed by atoms with Gasteiger partial charge in [-0.25, -0.2) is 4.79 Å². The van der Waals surface area contributed by atoms with E-state index in [0.29, 0.717) is 10.6 Å². The predicted octanol–water partition coefficient (Wildman–Crippen LogP) is 0.640. The van der Waals surface area contributed by atoms with Crippen LogP contribution in [0, 0.1) is 11.8 Å². The molecule has 0 aliphatic carbocycles. The third-order valence-electron chi connectivity index (χ3n) is 1.62. The first-order valence-corrected chi connectivity index (χ1v) is 4.82. The number of carbonyl (C=O) groups excluding carboxylic acids is 1. The van der Waals surface area contributed by atoms with Gasteiger partial charge < -0.3 is 15.6 Å².